The first-order valence-electron chi connectivity index (χ1n) is 16.7. The highest BCUT2D eigenvalue weighted by molar-refractivity contribution is 6.74. The van der Waals surface area contributed by atoms with Crippen molar-refractivity contribution in [1.82, 2.24) is 0 Å². The first-order valence-corrected chi connectivity index (χ1v) is 19.6. The highest BCUT2D eigenvalue weighted by atomic mass is 28.4. The number of unbranched alkanes of at least 4 members (excludes halogenated alkanes) is 8. The van der Waals surface area contributed by atoms with Crippen molar-refractivity contribution in [2.24, 2.45) is 5.92 Å². The predicted molar refractivity (Wildman–Crippen MR) is 175 cm³/mol. The SMILES string of the molecule is CCCCCCCC1(CCCCCCC=C[C@H](C(=O)O)[C@](O)(CCO[Si](C)(C)C(C)(C)C)C(=O)OC(C)(C)C)OCCO1. The smallest absolute Gasteiger partial charge is 0.339 e. The topological polar surface area (TPSA) is 112 Å². The molecule has 43 heavy (non-hydrogen) atoms. The molecule has 0 unspecified atom stereocenters. The Morgan fingerprint density at radius 2 is 1.44 bits per heavy atom. The van der Waals surface area contributed by atoms with E-state index in [1.807, 2.05) is 0 Å². The lowest BCUT2D eigenvalue weighted by atomic mass is 9.83. The summed E-state index contributed by atoms with van der Waals surface area (Å²) in [6.45, 7) is 19.2. The Morgan fingerprint density at radius 3 is 1.93 bits per heavy atom. The third kappa shape index (κ3) is 14.1. The minimum absolute atomic E-state index is 0.0604. The Hall–Kier alpha value is -1.26. The van der Waals surface area contributed by atoms with Crippen molar-refractivity contribution in [2.75, 3.05) is 19.8 Å². The molecule has 1 heterocycles. The third-order valence-corrected chi connectivity index (χ3v) is 13.3. The van der Waals surface area contributed by atoms with Crippen molar-refractivity contribution in [3.8, 4) is 0 Å². The van der Waals surface area contributed by atoms with Crippen LogP contribution in [0.4, 0.5) is 0 Å². The molecule has 0 aliphatic carbocycles. The maximum absolute atomic E-state index is 13.2. The molecule has 9 heteroatoms. The zero-order valence-corrected chi connectivity index (χ0v) is 29.9. The van der Waals surface area contributed by atoms with Crippen LogP contribution in [0.3, 0.4) is 0 Å². The van der Waals surface area contributed by atoms with E-state index in [1.165, 1.54) is 31.8 Å². The quantitative estimate of drug-likeness (QED) is 0.0567. The molecule has 0 bridgehead atoms. The summed E-state index contributed by atoms with van der Waals surface area (Å²) in [6, 6.07) is 0. The second-order valence-electron chi connectivity index (χ2n) is 14.8. The van der Waals surface area contributed by atoms with Gasteiger partial charge in [0.2, 0.25) is 0 Å². The average Bonchev–Trinajstić information content (AvgIpc) is 3.34. The summed E-state index contributed by atoms with van der Waals surface area (Å²) < 4.78 is 23.8. The monoisotopic (exact) mass is 628 g/mol. The number of hydrogen-bond acceptors (Lipinski definition) is 7. The van der Waals surface area contributed by atoms with Crippen molar-refractivity contribution in [2.45, 2.75) is 167 Å². The van der Waals surface area contributed by atoms with Crippen LogP contribution in [0.25, 0.3) is 0 Å². The van der Waals surface area contributed by atoms with Crippen LogP contribution in [0.15, 0.2) is 12.2 Å². The Kier molecular flexibility index (Phi) is 16.7. The summed E-state index contributed by atoms with van der Waals surface area (Å²) in [6.07, 6.45) is 15.6. The minimum atomic E-state index is -2.25. The van der Waals surface area contributed by atoms with Gasteiger partial charge in [0, 0.05) is 25.9 Å². The van der Waals surface area contributed by atoms with Crippen LogP contribution < -0.4 is 0 Å². The Bertz CT molecular complexity index is 851. The molecule has 1 fully saturated rings. The molecule has 0 radical (unpaired) electrons. The van der Waals surface area contributed by atoms with Gasteiger partial charge in [-0.1, -0.05) is 78.4 Å². The van der Waals surface area contributed by atoms with Crippen LogP contribution >= 0.6 is 0 Å². The van der Waals surface area contributed by atoms with Crippen LogP contribution in [0.2, 0.25) is 18.1 Å². The third-order valence-electron chi connectivity index (χ3n) is 8.77. The highest BCUT2D eigenvalue weighted by Gasteiger charge is 2.49. The molecule has 0 aromatic carbocycles. The van der Waals surface area contributed by atoms with E-state index in [4.69, 9.17) is 18.6 Å². The number of carbonyl (C=O) groups is 2. The summed E-state index contributed by atoms with van der Waals surface area (Å²) in [5, 5.41) is 21.6. The van der Waals surface area contributed by atoms with E-state index < -0.39 is 43.2 Å². The van der Waals surface area contributed by atoms with Crippen LogP contribution in [0, 0.1) is 5.92 Å². The number of ether oxygens (including phenoxy) is 3. The first kappa shape index (κ1) is 39.8. The summed E-state index contributed by atoms with van der Waals surface area (Å²) in [7, 11) is -2.17. The molecular weight excluding hydrogens is 564 g/mol. The fraction of sp³-hybridized carbons (Fsp3) is 0.882. The molecule has 1 saturated heterocycles. The molecule has 2 N–H and O–H groups in total. The summed E-state index contributed by atoms with van der Waals surface area (Å²) in [5.74, 6) is -4.07. The standard InChI is InChI=1S/C34H64O8Si/c1-10-11-12-16-19-22-33(39-26-27-40-33)23-20-17-14-13-15-18-21-28(29(35)36)34(38,30(37)42-31(2,3)4)24-25-41-43(8,9)32(5,6)7/h18,21,28,38H,10-17,19-20,22-27H2,1-9H3,(H,35,36)/t28-,34-/m1/s1. The number of hydrogen-bond donors (Lipinski definition) is 2. The first-order chi connectivity index (χ1) is 19.9. The highest BCUT2D eigenvalue weighted by Crippen LogP contribution is 2.37. The number of carbonyl (C=O) groups excluding carboxylic acids is 1. The lowest BCUT2D eigenvalue weighted by Gasteiger charge is -2.38. The zero-order valence-electron chi connectivity index (χ0n) is 28.9. The van der Waals surface area contributed by atoms with E-state index in [2.05, 4.69) is 40.8 Å². The van der Waals surface area contributed by atoms with Gasteiger partial charge in [0.25, 0.3) is 0 Å². The van der Waals surface area contributed by atoms with Gasteiger partial charge in [-0.25, -0.2) is 4.79 Å². The summed E-state index contributed by atoms with van der Waals surface area (Å²) in [4.78, 5) is 25.5. The van der Waals surface area contributed by atoms with E-state index in [-0.39, 0.29) is 18.1 Å². The van der Waals surface area contributed by atoms with E-state index in [0.717, 1.165) is 44.9 Å². The van der Waals surface area contributed by atoms with Gasteiger partial charge < -0.3 is 28.8 Å². The number of aliphatic hydroxyl groups is 1. The van der Waals surface area contributed by atoms with Gasteiger partial charge >= 0.3 is 11.9 Å². The van der Waals surface area contributed by atoms with Gasteiger partial charge in [-0.15, -0.1) is 0 Å². The van der Waals surface area contributed by atoms with Crippen molar-refractivity contribution < 1.29 is 38.4 Å². The van der Waals surface area contributed by atoms with Crippen LogP contribution in [0.1, 0.15) is 132 Å². The number of aliphatic carboxylic acids is 1. The molecular formula is C34H64O8Si. The fourth-order valence-electron chi connectivity index (χ4n) is 5.03. The average molecular weight is 629 g/mol. The van der Waals surface area contributed by atoms with E-state index in [1.54, 1.807) is 26.8 Å². The molecule has 0 spiro atoms. The lowest BCUT2D eigenvalue weighted by molar-refractivity contribution is -0.187. The Morgan fingerprint density at radius 1 is 0.907 bits per heavy atom. The van der Waals surface area contributed by atoms with Crippen molar-refractivity contribution >= 4 is 20.3 Å². The maximum atomic E-state index is 13.2. The molecule has 1 aliphatic heterocycles. The molecule has 2 atom stereocenters. The van der Waals surface area contributed by atoms with Gasteiger partial charge in [0.15, 0.2) is 19.7 Å². The Balaban J connectivity index is 2.71. The molecule has 0 aromatic heterocycles. The van der Waals surface area contributed by atoms with E-state index in [9.17, 15) is 19.8 Å². The number of carboxylic acids is 1. The Labute approximate surface area is 263 Å². The number of esters is 1. The normalized spacial score (nSPS) is 18.1. The van der Waals surface area contributed by atoms with Crippen molar-refractivity contribution in [1.29, 1.82) is 0 Å². The molecule has 252 valence electrons. The molecule has 1 rings (SSSR count). The second-order valence-corrected chi connectivity index (χ2v) is 19.6. The van der Waals surface area contributed by atoms with Crippen molar-refractivity contribution in [3.63, 3.8) is 0 Å². The van der Waals surface area contributed by atoms with E-state index in [0.29, 0.717) is 19.6 Å². The molecule has 8 nitrogen and oxygen atoms in total. The van der Waals surface area contributed by atoms with Crippen LogP contribution in [0.5, 0.6) is 0 Å². The van der Waals surface area contributed by atoms with E-state index >= 15 is 0 Å². The lowest BCUT2D eigenvalue weighted by Crippen LogP contribution is -2.52. The van der Waals surface area contributed by atoms with Crippen molar-refractivity contribution in [3.05, 3.63) is 12.2 Å². The molecule has 0 saturated carbocycles. The number of rotatable bonds is 21. The van der Waals surface area contributed by atoms with Gasteiger partial charge in [-0.2, -0.15) is 0 Å². The second kappa shape index (κ2) is 18.0. The molecule has 1 aliphatic rings. The molecule has 0 amide bonds. The predicted octanol–water partition coefficient (Wildman–Crippen LogP) is 8.17. The van der Waals surface area contributed by atoms with Gasteiger partial charge in [-0.3, -0.25) is 4.79 Å². The zero-order chi connectivity index (χ0) is 32.8. The van der Waals surface area contributed by atoms with Gasteiger partial charge in [-0.05, 0) is 64.6 Å². The summed E-state index contributed by atoms with van der Waals surface area (Å²) in [5.41, 5.74) is -3.12. The maximum Gasteiger partial charge on any atom is 0.339 e. The number of carboxylic acid groups (broad SMARTS) is 1. The summed E-state index contributed by atoms with van der Waals surface area (Å²) >= 11 is 0. The van der Waals surface area contributed by atoms with Gasteiger partial charge in [0.1, 0.15) is 11.5 Å². The molecule has 0 aromatic rings. The fourth-order valence-corrected chi connectivity index (χ4v) is 6.07. The largest absolute Gasteiger partial charge is 0.481 e. The number of allylic oxidation sites excluding steroid dienone is 1. The van der Waals surface area contributed by atoms with Crippen LogP contribution in [-0.2, 0) is 28.2 Å². The van der Waals surface area contributed by atoms with Gasteiger partial charge in [0.05, 0.1) is 13.2 Å². The van der Waals surface area contributed by atoms with Crippen LogP contribution in [-0.4, -0.2) is 67.3 Å². The minimum Gasteiger partial charge on any atom is -0.481 e.